The van der Waals surface area contributed by atoms with Crippen LogP contribution in [0.5, 0.6) is 0 Å². The van der Waals surface area contributed by atoms with Crippen LogP contribution in [0.4, 0.5) is 0 Å². The second-order valence-electron chi connectivity index (χ2n) is 3.26. The largest absolute Gasteiger partial charge is 0.264 e. The van der Waals surface area contributed by atoms with E-state index in [9.17, 15) is 0 Å². The van der Waals surface area contributed by atoms with E-state index in [0.717, 1.165) is 11.1 Å². The van der Waals surface area contributed by atoms with E-state index < -0.39 is 0 Å². The summed E-state index contributed by atoms with van der Waals surface area (Å²) in [4.78, 5) is 4.01. The summed E-state index contributed by atoms with van der Waals surface area (Å²) in [6.07, 6.45) is 3.39. The first-order valence-corrected chi connectivity index (χ1v) is 4.69. The van der Waals surface area contributed by atoms with E-state index in [4.69, 9.17) is 10.5 Å². The average Bonchev–Trinajstić information content (AvgIpc) is 2.39. The lowest BCUT2D eigenvalue weighted by atomic mass is 10.0. The molecule has 0 aliphatic heterocycles. The normalized spacial score (nSPS) is 9.12. The predicted octanol–water partition coefficient (Wildman–Crippen LogP) is 2.49. The van der Waals surface area contributed by atoms with Crippen molar-refractivity contribution in [3.63, 3.8) is 0 Å². The summed E-state index contributed by atoms with van der Waals surface area (Å²) in [5.41, 5.74) is 2.70. The molecule has 0 fully saturated rings. The summed E-state index contributed by atoms with van der Waals surface area (Å²) in [5, 5.41) is 17.7. The Bertz CT molecular complexity index is 557. The summed E-state index contributed by atoms with van der Waals surface area (Å²) < 4.78 is 0. The highest BCUT2D eigenvalue weighted by atomic mass is 14.6. The SMILES string of the molecule is N#Cc1cc(C#N)cc(-c2cccnc2)c1. The van der Waals surface area contributed by atoms with Gasteiger partial charge in [0.05, 0.1) is 23.3 Å². The van der Waals surface area contributed by atoms with Crippen LogP contribution in [0.3, 0.4) is 0 Å². The molecule has 74 valence electrons. The van der Waals surface area contributed by atoms with Crippen LogP contribution < -0.4 is 0 Å². The number of benzene rings is 1. The van der Waals surface area contributed by atoms with Crippen molar-refractivity contribution in [1.82, 2.24) is 4.98 Å². The number of hydrogen-bond donors (Lipinski definition) is 0. The van der Waals surface area contributed by atoms with E-state index in [-0.39, 0.29) is 0 Å². The van der Waals surface area contributed by atoms with E-state index in [2.05, 4.69) is 4.98 Å². The van der Waals surface area contributed by atoms with E-state index >= 15 is 0 Å². The van der Waals surface area contributed by atoms with Crippen LogP contribution in [0.1, 0.15) is 11.1 Å². The van der Waals surface area contributed by atoms with Gasteiger partial charge in [0.15, 0.2) is 0 Å². The van der Waals surface area contributed by atoms with E-state index in [0.29, 0.717) is 11.1 Å². The molecule has 0 saturated heterocycles. The minimum absolute atomic E-state index is 0.484. The Morgan fingerprint density at radius 3 is 2.12 bits per heavy atom. The van der Waals surface area contributed by atoms with Crippen molar-refractivity contribution in [2.24, 2.45) is 0 Å². The van der Waals surface area contributed by atoms with Gasteiger partial charge in [0.2, 0.25) is 0 Å². The first-order chi connectivity index (χ1) is 7.83. The quantitative estimate of drug-likeness (QED) is 0.718. The van der Waals surface area contributed by atoms with E-state index in [1.54, 1.807) is 30.6 Å². The van der Waals surface area contributed by atoms with Gasteiger partial charge in [-0.1, -0.05) is 6.07 Å². The molecule has 0 aliphatic rings. The minimum Gasteiger partial charge on any atom is -0.264 e. The molecule has 0 aliphatic carbocycles. The molecule has 1 aromatic carbocycles. The van der Waals surface area contributed by atoms with Gasteiger partial charge < -0.3 is 0 Å². The van der Waals surface area contributed by atoms with Crippen LogP contribution in [-0.4, -0.2) is 4.98 Å². The van der Waals surface area contributed by atoms with Gasteiger partial charge in [-0.15, -0.1) is 0 Å². The Morgan fingerprint density at radius 1 is 0.938 bits per heavy atom. The monoisotopic (exact) mass is 205 g/mol. The van der Waals surface area contributed by atoms with Crippen LogP contribution in [0.15, 0.2) is 42.7 Å². The van der Waals surface area contributed by atoms with Crippen LogP contribution >= 0.6 is 0 Å². The molecule has 2 rings (SSSR count). The predicted molar refractivity (Wildman–Crippen MR) is 59.1 cm³/mol. The molecule has 16 heavy (non-hydrogen) atoms. The van der Waals surface area contributed by atoms with Crippen LogP contribution in [0.25, 0.3) is 11.1 Å². The molecule has 0 atom stereocenters. The smallest absolute Gasteiger partial charge is 0.0992 e. The van der Waals surface area contributed by atoms with Gasteiger partial charge in [-0.3, -0.25) is 4.98 Å². The maximum atomic E-state index is 8.85. The van der Waals surface area contributed by atoms with Crippen molar-refractivity contribution in [2.45, 2.75) is 0 Å². The van der Waals surface area contributed by atoms with E-state index in [1.807, 2.05) is 24.3 Å². The van der Waals surface area contributed by atoms with Crippen molar-refractivity contribution in [1.29, 1.82) is 10.5 Å². The maximum absolute atomic E-state index is 8.85. The second-order valence-corrected chi connectivity index (χ2v) is 3.26. The molecule has 0 radical (unpaired) electrons. The zero-order valence-electron chi connectivity index (χ0n) is 8.38. The highest BCUT2D eigenvalue weighted by Crippen LogP contribution is 2.20. The van der Waals surface area contributed by atoms with Crippen molar-refractivity contribution >= 4 is 0 Å². The van der Waals surface area contributed by atoms with Crippen LogP contribution in [0.2, 0.25) is 0 Å². The molecule has 0 bridgehead atoms. The van der Waals surface area contributed by atoms with Gasteiger partial charge in [-0.2, -0.15) is 10.5 Å². The summed E-state index contributed by atoms with van der Waals surface area (Å²) in [6.45, 7) is 0. The fraction of sp³-hybridized carbons (Fsp3) is 0. The number of hydrogen-bond acceptors (Lipinski definition) is 3. The molecule has 0 spiro atoms. The fourth-order valence-electron chi connectivity index (χ4n) is 1.46. The summed E-state index contributed by atoms with van der Waals surface area (Å²) in [6, 6.07) is 12.9. The number of pyridine rings is 1. The third kappa shape index (κ3) is 1.89. The Morgan fingerprint density at radius 2 is 1.62 bits per heavy atom. The average molecular weight is 205 g/mol. The highest BCUT2D eigenvalue weighted by Gasteiger charge is 2.02. The molecule has 0 amide bonds. The standard InChI is InChI=1S/C13H7N3/c14-7-10-4-11(8-15)6-13(5-10)12-2-1-3-16-9-12/h1-6,9H. The number of rotatable bonds is 1. The lowest BCUT2D eigenvalue weighted by Crippen LogP contribution is -1.84. The Labute approximate surface area is 93.2 Å². The molecule has 3 nitrogen and oxygen atoms in total. The van der Waals surface area contributed by atoms with Crippen molar-refractivity contribution < 1.29 is 0 Å². The zero-order chi connectivity index (χ0) is 11.4. The molecule has 1 heterocycles. The molecule has 0 saturated carbocycles. The Hall–Kier alpha value is -2.65. The third-order valence-electron chi connectivity index (χ3n) is 2.19. The third-order valence-corrected chi connectivity index (χ3v) is 2.19. The number of nitriles is 2. The van der Waals surface area contributed by atoms with Crippen molar-refractivity contribution in [3.8, 4) is 23.3 Å². The summed E-state index contributed by atoms with van der Waals surface area (Å²) >= 11 is 0. The molecule has 3 heteroatoms. The first-order valence-electron chi connectivity index (χ1n) is 4.69. The molecule has 0 N–H and O–H groups in total. The van der Waals surface area contributed by atoms with Gasteiger partial charge in [-0.05, 0) is 29.8 Å². The number of aromatic nitrogens is 1. The van der Waals surface area contributed by atoms with Crippen molar-refractivity contribution in [3.05, 3.63) is 53.9 Å². The summed E-state index contributed by atoms with van der Waals surface area (Å²) in [5.74, 6) is 0. The topological polar surface area (TPSA) is 60.5 Å². The molecule has 0 unspecified atom stereocenters. The highest BCUT2D eigenvalue weighted by molar-refractivity contribution is 5.66. The zero-order valence-corrected chi connectivity index (χ0v) is 8.38. The lowest BCUT2D eigenvalue weighted by molar-refractivity contribution is 1.33. The maximum Gasteiger partial charge on any atom is 0.0992 e. The summed E-state index contributed by atoms with van der Waals surface area (Å²) in [7, 11) is 0. The number of nitrogens with zero attached hydrogens (tertiary/aromatic N) is 3. The molecular weight excluding hydrogens is 198 g/mol. The van der Waals surface area contributed by atoms with Crippen LogP contribution in [0, 0.1) is 22.7 Å². The van der Waals surface area contributed by atoms with Gasteiger partial charge >= 0.3 is 0 Å². The minimum atomic E-state index is 0.484. The van der Waals surface area contributed by atoms with Gasteiger partial charge in [0.25, 0.3) is 0 Å². The fourth-order valence-corrected chi connectivity index (χ4v) is 1.46. The van der Waals surface area contributed by atoms with Gasteiger partial charge in [0, 0.05) is 18.0 Å². The van der Waals surface area contributed by atoms with Crippen LogP contribution in [-0.2, 0) is 0 Å². The molecular formula is C13H7N3. The molecule has 2 aromatic rings. The van der Waals surface area contributed by atoms with E-state index in [1.165, 1.54) is 0 Å². The Balaban J connectivity index is 2.59. The first kappa shape index (κ1) is 9.89. The lowest BCUT2D eigenvalue weighted by Gasteiger charge is -2.01. The second kappa shape index (κ2) is 4.25. The van der Waals surface area contributed by atoms with Gasteiger partial charge in [0.1, 0.15) is 0 Å². The van der Waals surface area contributed by atoms with Crippen molar-refractivity contribution in [2.75, 3.05) is 0 Å². The van der Waals surface area contributed by atoms with Gasteiger partial charge in [-0.25, -0.2) is 0 Å². The molecule has 1 aromatic heterocycles. The Kier molecular flexibility index (Phi) is 2.63.